The Morgan fingerprint density at radius 1 is 1.13 bits per heavy atom. The monoisotopic (exact) mass is 229 g/mol. The maximum absolute atomic E-state index is 3.86. The largest absolute Gasteiger partial charge is 0.310 e. The summed E-state index contributed by atoms with van der Waals surface area (Å²) in [7, 11) is 0. The van der Waals surface area contributed by atoms with Crippen LogP contribution in [0.15, 0.2) is 0 Å². The molecule has 0 spiro atoms. The molecule has 0 saturated carbocycles. The SMILES string of the molecule is CC(C)CC(CC(C)C)NC1CCSC1. The van der Waals surface area contributed by atoms with Crippen LogP contribution in [-0.4, -0.2) is 23.6 Å². The van der Waals surface area contributed by atoms with E-state index in [0.717, 1.165) is 23.9 Å². The Morgan fingerprint density at radius 2 is 1.73 bits per heavy atom. The van der Waals surface area contributed by atoms with Gasteiger partial charge in [-0.25, -0.2) is 0 Å². The van der Waals surface area contributed by atoms with Crippen molar-refractivity contribution in [1.82, 2.24) is 5.32 Å². The zero-order valence-corrected chi connectivity index (χ0v) is 11.6. The highest BCUT2D eigenvalue weighted by molar-refractivity contribution is 7.99. The Hall–Kier alpha value is 0.310. The highest BCUT2D eigenvalue weighted by Gasteiger charge is 2.20. The minimum atomic E-state index is 0.744. The van der Waals surface area contributed by atoms with Gasteiger partial charge in [0, 0.05) is 17.8 Å². The van der Waals surface area contributed by atoms with Crippen molar-refractivity contribution in [3.63, 3.8) is 0 Å². The number of rotatable bonds is 6. The van der Waals surface area contributed by atoms with Gasteiger partial charge in [0.05, 0.1) is 0 Å². The first-order chi connectivity index (χ1) is 7.08. The fraction of sp³-hybridized carbons (Fsp3) is 1.00. The molecule has 1 N–H and O–H groups in total. The third-order valence-corrected chi connectivity index (χ3v) is 4.08. The molecule has 1 fully saturated rings. The fourth-order valence-electron chi connectivity index (χ4n) is 2.37. The van der Waals surface area contributed by atoms with E-state index in [9.17, 15) is 0 Å². The second-order valence-corrected chi connectivity index (χ2v) is 6.83. The third kappa shape index (κ3) is 5.82. The molecule has 90 valence electrons. The standard InChI is InChI=1S/C13H27NS/c1-10(2)7-13(8-11(3)4)14-12-5-6-15-9-12/h10-14H,5-9H2,1-4H3. The van der Waals surface area contributed by atoms with Crippen LogP contribution in [0.5, 0.6) is 0 Å². The van der Waals surface area contributed by atoms with Crippen LogP contribution in [0.4, 0.5) is 0 Å². The van der Waals surface area contributed by atoms with E-state index in [2.05, 4.69) is 44.8 Å². The molecule has 1 atom stereocenters. The molecule has 1 heterocycles. The summed E-state index contributed by atoms with van der Waals surface area (Å²) in [6, 6.07) is 1.53. The predicted molar refractivity (Wildman–Crippen MR) is 71.6 cm³/mol. The van der Waals surface area contributed by atoms with Gasteiger partial charge in [0.15, 0.2) is 0 Å². The molecular formula is C13H27NS. The van der Waals surface area contributed by atoms with Crippen LogP contribution in [0.2, 0.25) is 0 Å². The van der Waals surface area contributed by atoms with Crippen LogP contribution in [0, 0.1) is 11.8 Å². The minimum Gasteiger partial charge on any atom is -0.310 e. The molecule has 0 amide bonds. The molecule has 0 bridgehead atoms. The first kappa shape index (κ1) is 13.4. The molecular weight excluding hydrogens is 202 g/mol. The van der Waals surface area contributed by atoms with Gasteiger partial charge in [0.25, 0.3) is 0 Å². The Bertz CT molecular complexity index is 152. The van der Waals surface area contributed by atoms with Crippen molar-refractivity contribution in [3.8, 4) is 0 Å². The van der Waals surface area contributed by atoms with E-state index in [1.165, 1.54) is 30.8 Å². The summed E-state index contributed by atoms with van der Waals surface area (Å²) in [4.78, 5) is 0. The van der Waals surface area contributed by atoms with E-state index >= 15 is 0 Å². The number of nitrogens with one attached hydrogen (secondary N) is 1. The molecule has 0 aromatic rings. The van der Waals surface area contributed by atoms with E-state index < -0.39 is 0 Å². The van der Waals surface area contributed by atoms with Crippen molar-refractivity contribution in [2.75, 3.05) is 11.5 Å². The number of thioether (sulfide) groups is 1. The summed E-state index contributed by atoms with van der Waals surface area (Å²) in [6.45, 7) is 9.33. The van der Waals surface area contributed by atoms with Gasteiger partial charge in [0.2, 0.25) is 0 Å². The highest BCUT2D eigenvalue weighted by Crippen LogP contribution is 2.20. The third-order valence-electron chi connectivity index (χ3n) is 2.91. The van der Waals surface area contributed by atoms with Gasteiger partial charge in [-0.3, -0.25) is 0 Å². The van der Waals surface area contributed by atoms with Crippen LogP contribution < -0.4 is 5.32 Å². The summed E-state index contributed by atoms with van der Waals surface area (Å²) in [6.07, 6.45) is 4.04. The molecule has 15 heavy (non-hydrogen) atoms. The molecule has 0 aromatic heterocycles. The Labute approximate surface area is 99.8 Å². The number of hydrogen-bond donors (Lipinski definition) is 1. The average Bonchev–Trinajstić information content (AvgIpc) is 2.53. The molecule has 1 nitrogen and oxygen atoms in total. The molecule has 1 aliphatic rings. The van der Waals surface area contributed by atoms with Gasteiger partial charge in [-0.1, -0.05) is 27.7 Å². The summed E-state index contributed by atoms with van der Waals surface area (Å²) < 4.78 is 0. The van der Waals surface area contributed by atoms with Gasteiger partial charge in [0.1, 0.15) is 0 Å². The second kappa shape index (κ2) is 6.80. The second-order valence-electron chi connectivity index (χ2n) is 5.68. The van der Waals surface area contributed by atoms with E-state index in [-0.39, 0.29) is 0 Å². The van der Waals surface area contributed by atoms with Crippen molar-refractivity contribution in [2.24, 2.45) is 11.8 Å². The van der Waals surface area contributed by atoms with Crippen molar-refractivity contribution < 1.29 is 0 Å². The lowest BCUT2D eigenvalue weighted by Gasteiger charge is -2.25. The molecule has 1 unspecified atom stereocenters. The molecule has 1 rings (SSSR count). The van der Waals surface area contributed by atoms with Crippen molar-refractivity contribution in [1.29, 1.82) is 0 Å². The quantitative estimate of drug-likeness (QED) is 0.747. The Morgan fingerprint density at radius 3 is 2.13 bits per heavy atom. The summed E-state index contributed by atoms with van der Waals surface area (Å²) >= 11 is 2.10. The maximum atomic E-state index is 3.86. The van der Waals surface area contributed by atoms with Crippen LogP contribution in [-0.2, 0) is 0 Å². The van der Waals surface area contributed by atoms with E-state index in [4.69, 9.17) is 0 Å². The topological polar surface area (TPSA) is 12.0 Å². The van der Waals surface area contributed by atoms with Gasteiger partial charge in [-0.05, 0) is 36.9 Å². The fourth-order valence-corrected chi connectivity index (χ4v) is 3.53. The Balaban J connectivity index is 2.32. The highest BCUT2D eigenvalue weighted by atomic mass is 32.2. The van der Waals surface area contributed by atoms with Crippen LogP contribution in [0.25, 0.3) is 0 Å². The molecule has 0 radical (unpaired) electrons. The van der Waals surface area contributed by atoms with Gasteiger partial charge < -0.3 is 5.32 Å². The minimum absolute atomic E-state index is 0.744. The van der Waals surface area contributed by atoms with Gasteiger partial charge in [-0.2, -0.15) is 11.8 Å². The summed E-state index contributed by atoms with van der Waals surface area (Å²) in [5.74, 6) is 4.31. The Kier molecular flexibility index (Phi) is 6.06. The average molecular weight is 229 g/mol. The van der Waals surface area contributed by atoms with E-state index in [1.807, 2.05) is 0 Å². The molecule has 0 aromatic carbocycles. The normalized spacial score (nSPS) is 22.2. The predicted octanol–water partition coefficient (Wildman–Crippen LogP) is 3.54. The van der Waals surface area contributed by atoms with Crippen LogP contribution in [0.1, 0.15) is 47.0 Å². The molecule has 0 aliphatic carbocycles. The van der Waals surface area contributed by atoms with Crippen molar-refractivity contribution in [3.05, 3.63) is 0 Å². The van der Waals surface area contributed by atoms with Gasteiger partial charge >= 0.3 is 0 Å². The van der Waals surface area contributed by atoms with Crippen molar-refractivity contribution in [2.45, 2.75) is 59.0 Å². The first-order valence-electron chi connectivity index (χ1n) is 6.41. The summed E-state index contributed by atoms with van der Waals surface area (Å²) in [5, 5.41) is 3.86. The molecule has 1 saturated heterocycles. The lowest BCUT2D eigenvalue weighted by Crippen LogP contribution is -2.39. The van der Waals surface area contributed by atoms with E-state index in [0.29, 0.717) is 0 Å². The van der Waals surface area contributed by atoms with E-state index in [1.54, 1.807) is 0 Å². The first-order valence-corrected chi connectivity index (χ1v) is 7.57. The smallest absolute Gasteiger partial charge is 0.0168 e. The lowest BCUT2D eigenvalue weighted by molar-refractivity contribution is 0.335. The lowest BCUT2D eigenvalue weighted by atomic mass is 9.95. The van der Waals surface area contributed by atoms with Crippen LogP contribution in [0.3, 0.4) is 0 Å². The molecule has 1 aliphatic heterocycles. The maximum Gasteiger partial charge on any atom is 0.0168 e. The number of hydrogen-bond acceptors (Lipinski definition) is 2. The van der Waals surface area contributed by atoms with Crippen molar-refractivity contribution >= 4 is 11.8 Å². The van der Waals surface area contributed by atoms with Crippen LogP contribution >= 0.6 is 11.8 Å². The summed E-state index contributed by atoms with van der Waals surface area (Å²) in [5.41, 5.74) is 0. The van der Waals surface area contributed by atoms with Gasteiger partial charge in [-0.15, -0.1) is 0 Å². The zero-order chi connectivity index (χ0) is 11.3. The zero-order valence-electron chi connectivity index (χ0n) is 10.8. The molecule has 2 heteroatoms.